The van der Waals surface area contributed by atoms with Gasteiger partial charge in [0.2, 0.25) is 11.2 Å². The Balaban J connectivity index is 1.90. The third kappa shape index (κ3) is 2.19. The van der Waals surface area contributed by atoms with Crippen LogP contribution in [0.1, 0.15) is 31.4 Å². The van der Waals surface area contributed by atoms with Crippen molar-refractivity contribution in [1.82, 2.24) is 9.97 Å². The van der Waals surface area contributed by atoms with Crippen LogP contribution in [0.3, 0.4) is 0 Å². The van der Waals surface area contributed by atoms with Crippen LogP contribution < -0.4 is 9.64 Å². The molecule has 0 bridgehead atoms. The average Bonchev–Trinajstić information content (AvgIpc) is 2.73. The molecule has 0 saturated heterocycles. The summed E-state index contributed by atoms with van der Waals surface area (Å²) in [6, 6.07) is 5.73. The molecule has 0 atom stereocenters. The van der Waals surface area contributed by atoms with E-state index in [1.165, 1.54) is 0 Å². The predicted octanol–water partition coefficient (Wildman–Crippen LogP) is 4.06. The molecule has 0 fully saturated rings. The topological polar surface area (TPSA) is 55.3 Å². The minimum atomic E-state index is -0.816. The van der Waals surface area contributed by atoms with Crippen molar-refractivity contribution in [2.24, 2.45) is 0 Å². The number of hydrogen-bond donors (Lipinski definition) is 0. The van der Waals surface area contributed by atoms with Crippen molar-refractivity contribution >= 4 is 40.6 Å². The summed E-state index contributed by atoms with van der Waals surface area (Å²) in [7, 11) is 0. The molecule has 0 aliphatic carbocycles. The SMILES string of the molecule is CC1(C)C(=O)N(c2ccc3c(c2)CCCO3)c2nc(Cl)nc(Cl)c21. The number of aromatic nitrogens is 2. The third-order valence-corrected chi connectivity index (χ3v) is 4.99. The van der Waals surface area contributed by atoms with Crippen molar-refractivity contribution in [3.63, 3.8) is 0 Å². The second-order valence-corrected chi connectivity index (χ2v) is 7.19. The van der Waals surface area contributed by atoms with Crippen LogP contribution in [0, 0.1) is 0 Å². The highest BCUT2D eigenvalue weighted by molar-refractivity contribution is 6.34. The van der Waals surface area contributed by atoms with Gasteiger partial charge in [-0.15, -0.1) is 0 Å². The Bertz CT molecular complexity index is 867. The van der Waals surface area contributed by atoms with Gasteiger partial charge < -0.3 is 4.74 Å². The first kappa shape index (κ1) is 15.7. The van der Waals surface area contributed by atoms with Gasteiger partial charge in [-0.25, -0.2) is 4.98 Å². The van der Waals surface area contributed by atoms with Gasteiger partial charge >= 0.3 is 0 Å². The molecule has 2 aromatic rings. The molecule has 1 amide bonds. The van der Waals surface area contributed by atoms with Crippen LogP contribution in [0.5, 0.6) is 5.75 Å². The van der Waals surface area contributed by atoms with Gasteiger partial charge in [-0.05, 0) is 62.1 Å². The minimum absolute atomic E-state index is 0.0237. The zero-order valence-corrected chi connectivity index (χ0v) is 14.8. The van der Waals surface area contributed by atoms with Crippen LogP contribution in [-0.4, -0.2) is 22.5 Å². The van der Waals surface area contributed by atoms with Gasteiger partial charge in [0.1, 0.15) is 10.9 Å². The fraction of sp³-hybridized carbons (Fsp3) is 0.353. The number of nitrogens with zero attached hydrogens (tertiary/aromatic N) is 3. The molecule has 0 unspecified atom stereocenters. The second-order valence-electron chi connectivity index (χ2n) is 6.49. The normalized spacial score (nSPS) is 18.2. The summed E-state index contributed by atoms with van der Waals surface area (Å²) in [4.78, 5) is 22.9. The zero-order valence-electron chi connectivity index (χ0n) is 13.3. The molecular weight excluding hydrogens is 349 g/mol. The molecule has 1 aromatic heterocycles. The first-order valence-corrected chi connectivity index (χ1v) is 8.49. The van der Waals surface area contributed by atoms with E-state index in [0.29, 0.717) is 11.4 Å². The van der Waals surface area contributed by atoms with Crippen LogP contribution in [-0.2, 0) is 16.6 Å². The Morgan fingerprint density at radius 3 is 2.83 bits per heavy atom. The summed E-state index contributed by atoms with van der Waals surface area (Å²) in [6.07, 6.45) is 1.89. The molecule has 2 aliphatic heterocycles. The highest BCUT2D eigenvalue weighted by Gasteiger charge is 2.48. The van der Waals surface area contributed by atoms with E-state index < -0.39 is 5.41 Å². The quantitative estimate of drug-likeness (QED) is 0.566. The monoisotopic (exact) mass is 363 g/mol. The lowest BCUT2D eigenvalue weighted by Crippen LogP contribution is -2.33. The Kier molecular flexibility index (Phi) is 3.48. The number of hydrogen-bond acceptors (Lipinski definition) is 4. The third-order valence-electron chi connectivity index (χ3n) is 4.54. The van der Waals surface area contributed by atoms with Gasteiger partial charge in [0, 0.05) is 5.56 Å². The van der Waals surface area contributed by atoms with E-state index >= 15 is 0 Å². The highest BCUT2D eigenvalue weighted by Crippen LogP contribution is 2.47. The number of ether oxygens (including phenoxy) is 1. The standard InChI is InChI=1S/C17H15Cl2N3O2/c1-17(2)12-13(18)20-16(19)21-14(12)22(15(17)23)10-5-6-11-9(8-10)4-3-7-24-11/h5-6,8H,3-4,7H2,1-2H3. The number of benzene rings is 1. The van der Waals surface area contributed by atoms with E-state index in [9.17, 15) is 4.79 Å². The molecule has 5 nitrogen and oxygen atoms in total. The lowest BCUT2D eigenvalue weighted by molar-refractivity contribution is -0.121. The fourth-order valence-corrected chi connectivity index (χ4v) is 3.91. The van der Waals surface area contributed by atoms with Gasteiger partial charge in [-0.2, -0.15) is 4.98 Å². The Morgan fingerprint density at radius 2 is 2.04 bits per heavy atom. The van der Waals surface area contributed by atoms with Crippen molar-refractivity contribution in [2.45, 2.75) is 32.1 Å². The lowest BCUT2D eigenvalue weighted by atomic mass is 9.88. The van der Waals surface area contributed by atoms with E-state index in [-0.39, 0.29) is 16.3 Å². The smallest absolute Gasteiger partial charge is 0.243 e. The molecule has 3 heterocycles. The number of aryl methyl sites for hydroxylation is 1. The van der Waals surface area contributed by atoms with Gasteiger partial charge in [-0.3, -0.25) is 9.69 Å². The van der Waals surface area contributed by atoms with Gasteiger partial charge in [0.05, 0.1) is 17.7 Å². The highest BCUT2D eigenvalue weighted by atomic mass is 35.5. The van der Waals surface area contributed by atoms with E-state index in [1.54, 1.807) is 4.90 Å². The number of halogens is 2. The fourth-order valence-electron chi connectivity index (χ4n) is 3.30. The van der Waals surface area contributed by atoms with Crippen molar-refractivity contribution in [3.05, 3.63) is 39.8 Å². The molecule has 4 rings (SSSR count). The summed E-state index contributed by atoms with van der Waals surface area (Å²) in [5, 5.41) is 0.239. The number of carbonyl (C=O) groups excluding carboxylic acids is 1. The number of carbonyl (C=O) groups is 1. The Morgan fingerprint density at radius 1 is 1.25 bits per heavy atom. The largest absolute Gasteiger partial charge is 0.493 e. The van der Waals surface area contributed by atoms with Crippen LogP contribution in [0.15, 0.2) is 18.2 Å². The van der Waals surface area contributed by atoms with Gasteiger partial charge in [0.15, 0.2) is 5.82 Å². The summed E-state index contributed by atoms with van der Waals surface area (Å²) in [5.41, 5.74) is 1.61. The number of rotatable bonds is 1. The van der Waals surface area contributed by atoms with Crippen LogP contribution >= 0.6 is 23.2 Å². The number of fused-ring (bicyclic) bond motifs is 2. The maximum absolute atomic E-state index is 13.0. The van der Waals surface area contributed by atoms with Crippen molar-refractivity contribution in [1.29, 1.82) is 0 Å². The Hall–Kier alpha value is -1.85. The average molecular weight is 364 g/mol. The summed E-state index contributed by atoms with van der Waals surface area (Å²) < 4.78 is 5.65. The van der Waals surface area contributed by atoms with Crippen molar-refractivity contribution in [2.75, 3.05) is 11.5 Å². The first-order chi connectivity index (χ1) is 11.4. The molecule has 124 valence electrons. The number of amides is 1. The van der Waals surface area contributed by atoms with E-state index in [4.69, 9.17) is 27.9 Å². The molecule has 0 radical (unpaired) electrons. The van der Waals surface area contributed by atoms with Crippen LogP contribution in [0.4, 0.5) is 11.5 Å². The zero-order chi connectivity index (χ0) is 17.1. The van der Waals surface area contributed by atoms with Crippen molar-refractivity contribution in [3.8, 4) is 5.75 Å². The lowest BCUT2D eigenvalue weighted by Gasteiger charge is -2.23. The van der Waals surface area contributed by atoms with Crippen LogP contribution in [0.25, 0.3) is 0 Å². The number of anilines is 2. The molecule has 2 aliphatic rings. The second kappa shape index (κ2) is 5.33. The maximum Gasteiger partial charge on any atom is 0.243 e. The molecular formula is C17H15Cl2N3O2. The summed E-state index contributed by atoms with van der Waals surface area (Å²) >= 11 is 12.2. The van der Waals surface area contributed by atoms with E-state index in [2.05, 4.69) is 9.97 Å². The minimum Gasteiger partial charge on any atom is -0.493 e. The van der Waals surface area contributed by atoms with E-state index in [1.807, 2.05) is 32.0 Å². The van der Waals surface area contributed by atoms with Gasteiger partial charge in [-0.1, -0.05) is 11.6 Å². The molecule has 7 heteroatoms. The molecule has 0 spiro atoms. The van der Waals surface area contributed by atoms with Crippen molar-refractivity contribution < 1.29 is 9.53 Å². The summed E-state index contributed by atoms with van der Waals surface area (Å²) in [6.45, 7) is 4.36. The predicted molar refractivity (Wildman–Crippen MR) is 92.5 cm³/mol. The molecule has 1 aromatic carbocycles. The first-order valence-electron chi connectivity index (χ1n) is 7.73. The van der Waals surface area contributed by atoms with Crippen LogP contribution in [0.2, 0.25) is 10.4 Å². The van der Waals surface area contributed by atoms with Gasteiger partial charge in [0.25, 0.3) is 0 Å². The van der Waals surface area contributed by atoms with E-state index in [0.717, 1.165) is 36.4 Å². The molecule has 0 saturated carbocycles. The summed E-state index contributed by atoms with van der Waals surface area (Å²) in [5.74, 6) is 1.22. The maximum atomic E-state index is 13.0. The Labute approximate surface area is 149 Å². The molecule has 0 N–H and O–H groups in total. The molecule has 24 heavy (non-hydrogen) atoms.